The van der Waals surface area contributed by atoms with Crippen molar-refractivity contribution in [3.8, 4) is 5.75 Å². The SMILES string of the molecule is COC(=O)c1ccc(NC(=O)CCc2cc3cc(OC)ccc3[nH]c2=O)cc1. The maximum absolute atomic E-state index is 12.2. The zero-order valence-corrected chi connectivity index (χ0v) is 15.6. The summed E-state index contributed by atoms with van der Waals surface area (Å²) >= 11 is 0. The largest absolute Gasteiger partial charge is 0.497 e. The third-order valence-electron chi connectivity index (χ3n) is 4.34. The Labute approximate surface area is 161 Å². The summed E-state index contributed by atoms with van der Waals surface area (Å²) in [6.07, 6.45) is 0.450. The highest BCUT2D eigenvalue weighted by Crippen LogP contribution is 2.19. The van der Waals surface area contributed by atoms with Gasteiger partial charge >= 0.3 is 5.97 Å². The molecular formula is C21H20N2O5. The van der Waals surface area contributed by atoms with Crippen molar-refractivity contribution in [2.24, 2.45) is 0 Å². The van der Waals surface area contributed by atoms with E-state index in [0.29, 0.717) is 34.5 Å². The fourth-order valence-electron chi connectivity index (χ4n) is 2.82. The predicted molar refractivity (Wildman–Crippen MR) is 106 cm³/mol. The van der Waals surface area contributed by atoms with Crippen molar-refractivity contribution in [2.75, 3.05) is 19.5 Å². The molecule has 0 saturated heterocycles. The van der Waals surface area contributed by atoms with E-state index in [2.05, 4.69) is 15.0 Å². The average molecular weight is 380 g/mol. The fourth-order valence-corrected chi connectivity index (χ4v) is 2.82. The van der Waals surface area contributed by atoms with Gasteiger partial charge in [-0.2, -0.15) is 0 Å². The van der Waals surface area contributed by atoms with E-state index < -0.39 is 5.97 Å². The minimum absolute atomic E-state index is 0.150. The first-order chi connectivity index (χ1) is 13.5. The van der Waals surface area contributed by atoms with Crippen molar-refractivity contribution < 1.29 is 19.1 Å². The molecule has 2 aromatic carbocycles. The summed E-state index contributed by atoms with van der Waals surface area (Å²) in [5, 5.41) is 3.59. The number of esters is 1. The Kier molecular flexibility index (Phi) is 5.74. The van der Waals surface area contributed by atoms with Crippen LogP contribution in [0.3, 0.4) is 0 Å². The zero-order valence-electron chi connectivity index (χ0n) is 15.6. The molecule has 0 aliphatic heterocycles. The second kappa shape index (κ2) is 8.39. The number of benzene rings is 2. The molecule has 0 radical (unpaired) electrons. The van der Waals surface area contributed by atoms with E-state index >= 15 is 0 Å². The molecule has 0 bridgehead atoms. The van der Waals surface area contributed by atoms with Crippen molar-refractivity contribution in [3.05, 3.63) is 70.0 Å². The van der Waals surface area contributed by atoms with Crippen LogP contribution in [0.4, 0.5) is 5.69 Å². The van der Waals surface area contributed by atoms with Crippen LogP contribution in [0.2, 0.25) is 0 Å². The summed E-state index contributed by atoms with van der Waals surface area (Å²) in [5.74, 6) is 0.0274. The normalized spacial score (nSPS) is 10.5. The molecular weight excluding hydrogens is 360 g/mol. The molecule has 28 heavy (non-hydrogen) atoms. The van der Waals surface area contributed by atoms with Crippen molar-refractivity contribution in [1.29, 1.82) is 0 Å². The summed E-state index contributed by atoms with van der Waals surface area (Å²) in [7, 11) is 2.89. The third kappa shape index (κ3) is 4.37. The van der Waals surface area contributed by atoms with Gasteiger partial charge < -0.3 is 19.8 Å². The first-order valence-corrected chi connectivity index (χ1v) is 8.68. The van der Waals surface area contributed by atoms with Crippen LogP contribution in [0.25, 0.3) is 10.9 Å². The molecule has 1 amide bonds. The number of hydrogen-bond acceptors (Lipinski definition) is 5. The second-order valence-corrected chi connectivity index (χ2v) is 6.19. The monoisotopic (exact) mass is 380 g/mol. The Morgan fingerprint density at radius 3 is 2.46 bits per heavy atom. The van der Waals surface area contributed by atoms with Crippen LogP contribution in [-0.2, 0) is 16.0 Å². The van der Waals surface area contributed by atoms with Gasteiger partial charge in [-0.25, -0.2) is 4.79 Å². The molecule has 3 aromatic rings. The number of amides is 1. The van der Waals surface area contributed by atoms with E-state index in [0.717, 1.165) is 5.39 Å². The van der Waals surface area contributed by atoms with Crippen LogP contribution >= 0.6 is 0 Å². The number of H-pyrrole nitrogens is 1. The van der Waals surface area contributed by atoms with Crippen molar-refractivity contribution >= 4 is 28.5 Å². The quantitative estimate of drug-likeness (QED) is 0.641. The Balaban J connectivity index is 1.66. The molecule has 7 nitrogen and oxygen atoms in total. The summed E-state index contributed by atoms with van der Waals surface area (Å²) in [6, 6.07) is 13.6. The number of nitrogens with one attached hydrogen (secondary N) is 2. The second-order valence-electron chi connectivity index (χ2n) is 6.19. The maximum atomic E-state index is 12.2. The standard InChI is InChI=1S/C21H20N2O5/c1-27-17-8-9-18-15(12-17)11-14(20(25)23-18)5-10-19(24)22-16-6-3-13(4-7-16)21(26)28-2/h3-4,6-9,11-12H,5,10H2,1-2H3,(H,22,24)(H,23,25). The Morgan fingerprint density at radius 1 is 1.04 bits per heavy atom. The molecule has 0 unspecified atom stereocenters. The summed E-state index contributed by atoms with van der Waals surface area (Å²) in [4.78, 5) is 38.7. The van der Waals surface area contributed by atoms with Gasteiger partial charge in [0.1, 0.15) is 5.75 Å². The minimum Gasteiger partial charge on any atom is -0.497 e. The van der Waals surface area contributed by atoms with E-state index in [1.54, 1.807) is 49.6 Å². The Hall–Kier alpha value is -3.61. The minimum atomic E-state index is -0.440. The summed E-state index contributed by atoms with van der Waals surface area (Å²) in [5.41, 5.74) is 1.99. The van der Waals surface area contributed by atoms with Crippen LogP contribution < -0.4 is 15.6 Å². The summed E-state index contributed by atoms with van der Waals surface area (Å²) < 4.78 is 9.84. The molecule has 1 heterocycles. The smallest absolute Gasteiger partial charge is 0.337 e. The number of carbonyl (C=O) groups excluding carboxylic acids is 2. The number of anilines is 1. The molecule has 0 spiro atoms. The molecule has 0 aliphatic rings. The lowest BCUT2D eigenvalue weighted by molar-refractivity contribution is -0.116. The number of methoxy groups -OCH3 is 2. The number of hydrogen-bond donors (Lipinski definition) is 2. The van der Waals surface area contributed by atoms with Gasteiger partial charge in [-0.1, -0.05) is 0 Å². The maximum Gasteiger partial charge on any atom is 0.337 e. The first kappa shape index (κ1) is 19.2. The topological polar surface area (TPSA) is 97.5 Å². The number of carbonyl (C=O) groups is 2. The average Bonchev–Trinajstić information content (AvgIpc) is 2.71. The number of pyridine rings is 1. The van der Waals surface area contributed by atoms with E-state index in [9.17, 15) is 14.4 Å². The van der Waals surface area contributed by atoms with E-state index in [-0.39, 0.29) is 17.9 Å². The van der Waals surface area contributed by atoms with Crippen LogP contribution in [0.15, 0.2) is 53.3 Å². The number of aromatic amines is 1. The highest BCUT2D eigenvalue weighted by Gasteiger charge is 2.09. The molecule has 2 N–H and O–H groups in total. The lowest BCUT2D eigenvalue weighted by Gasteiger charge is -2.07. The molecule has 144 valence electrons. The number of fused-ring (bicyclic) bond motifs is 1. The highest BCUT2D eigenvalue weighted by molar-refractivity contribution is 5.93. The molecule has 7 heteroatoms. The van der Waals surface area contributed by atoms with Gasteiger partial charge in [0, 0.05) is 28.6 Å². The summed E-state index contributed by atoms with van der Waals surface area (Å²) in [6.45, 7) is 0. The lowest BCUT2D eigenvalue weighted by atomic mass is 10.1. The third-order valence-corrected chi connectivity index (χ3v) is 4.34. The van der Waals surface area contributed by atoms with Gasteiger partial charge in [-0.05, 0) is 55.0 Å². The Bertz CT molecular complexity index is 1070. The molecule has 0 atom stereocenters. The molecule has 3 rings (SSSR count). The molecule has 1 aromatic heterocycles. The molecule has 0 fully saturated rings. The highest BCUT2D eigenvalue weighted by atomic mass is 16.5. The van der Waals surface area contributed by atoms with Crippen LogP contribution in [0.1, 0.15) is 22.3 Å². The predicted octanol–water partition coefficient (Wildman–Crippen LogP) is 2.89. The van der Waals surface area contributed by atoms with Crippen molar-refractivity contribution in [3.63, 3.8) is 0 Å². The van der Waals surface area contributed by atoms with Crippen LogP contribution in [-0.4, -0.2) is 31.1 Å². The molecule has 0 aliphatic carbocycles. The fraction of sp³-hybridized carbons (Fsp3) is 0.190. The van der Waals surface area contributed by atoms with Gasteiger partial charge in [-0.15, -0.1) is 0 Å². The van der Waals surface area contributed by atoms with Crippen LogP contribution in [0, 0.1) is 0 Å². The van der Waals surface area contributed by atoms with Gasteiger partial charge in [0.15, 0.2) is 0 Å². The number of aryl methyl sites for hydroxylation is 1. The lowest BCUT2D eigenvalue weighted by Crippen LogP contribution is -2.17. The number of ether oxygens (including phenoxy) is 2. The van der Waals surface area contributed by atoms with E-state index in [1.807, 2.05) is 6.07 Å². The van der Waals surface area contributed by atoms with Gasteiger partial charge in [0.05, 0.1) is 19.8 Å². The van der Waals surface area contributed by atoms with Crippen molar-refractivity contribution in [1.82, 2.24) is 4.98 Å². The first-order valence-electron chi connectivity index (χ1n) is 8.68. The van der Waals surface area contributed by atoms with Gasteiger partial charge in [0.25, 0.3) is 5.56 Å². The Morgan fingerprint density at radius 2 is 1.79 bits per heavy atom. The zero-order chi connectivity index (χ0) is 20.1. The van der Waals surface area contributed by atoms with Gasteiger partial charge in [0.2, 0.25) is 5.91 Å². The van der Waals surface area contributed by atoms with E-state index in [4.69, 9.17) is 4.74 Å². The van der Waals surface area contributed by atoms with Crippen molar-refractivity contribution in [2.45, 2.75) is 12.8 Å². The number of rotatable bonds is 6. The number of aromatic nitrogens is 1. The van der Waals surface area contributed by atoms with Gasteiger partial charge in [-0.3, -0.25) is 9.59 Å². The molecule has 0 saturated carbocycles. The van der Waals surface area contributed by atoms with E-state index in [1.165, 1.54) is 7.11 Å². The van der Waals surface area contributed by atoms with Crippen LogP contribution in [0.5, 0.6) is 5.75 Å².